The van der Waals surface area contributed by atoms with Crippen LogP contribution in [0.25, 0.3) is 0 Å². The Balaban J connectivity index is 0.00000242. The first kappa shape index (κ1) is 19.0. The minimum Gasteiger partial charge on any atom is -0.338 e. The second-order valence-corrected chi connectivity index (χ2v) is 6.75. The van der Waals surface area contributed by atoms with Crippen LogP contribution in [-0.2, 0) is 11.2 Å². The molecule has 2 unspecified atom stereocenters. The lowest BCUT2D eigenvalue weighted by molar-refractivity contribution is -0.133. The van der Waals surface area contributed by atoms with Crippen molar-refractivity contribution in [3.63, 3.8) is 0 Å². The van der Waals surface area contributed by atoms with Crippen molar-refractivity contribution in [1.29, 1.82) is 0 Å². The van der Waals surface area contributed by atoms with E-state index >= 15 is 0 Å². The third-order valence-corrected chi connectivity index (χ3v) is 4.58. The van der Waals surface area contributed by atoms with Crippen molar-refractivity contribution < 1.29 is 4.79 Å². The van der Waals surface area contributed by atoms with E-state index in [9.17, 15) is 4.79 Å². The number of carbonyl (C=O) groups excluding carboxylic acids is 1. The minimum atomic E-state index is -0.345. The predicted molar refractivity (Wildman–Crippen MR) is 94.1 cm³/mol. The maximum absolute atomic E-state index is 12.5. The Morgan fingerprint density at radius 1 is 1.32 bits per heavy atom. The molecule has 0 spiro atoms. The molecule has 4 heteroatoms. The van der Waals surface area contributed by atoms with Gasteiger partial charge in [-0.2, -0.15) is 0 Å². The van der Waals surface area contributed by atoms with E-state index in [1.54, 1.807) is 0 Å². The number of rotatable bonds is 5. The smallest absolute Gasteiger partial charge is 0.239 e. The molecule has 22 heavy (non-hydrogen) atoms. The second-order valence-electron chi connectivity index (χ2n) is 6.75. The molecule has 0 saturated carbocycles. The maximum atomic E-state index is 12.5. The van der Waals surface area contributed by atoms with Gasteiger partial charge in [-0.05, 0) is 43.6 Å². The summed E-state index contributed by atoms with van der Waals surface area (Å²) in [7, 11) is 0. The third-order valence-electron chi connectivity index (χ3n) is 4.58. The van der Waals surface area contributed by atoms with Crippen LogP contribution in [0.4, 0.5) is 0 Å². The lowest BCUT2D eigenvalue weighted by Gasteiger charge is -2.28. The van der Waals surface area contributed by atoms with Crippen molar-refractivity contribution in [2.75, 3.05) is 6.54 Å². The van der Waals surface area contributed by atoms with Crippen LogP contribution in [0, 0.1) is 11.8 Å². The summed E-state index contributed by atoms with van der Waals surface area (Å²) >= 11 is 0. The van der Waals surface area contributed by atoms with Crippen molar-refractivity contribution in [2.45, 2.75) is 52.1 Å². The van der Waals surface area contributed by atoms with Crippen LogP contribution in [-0.4, -0.2) is 29.4 Å². The summed E-state index contributed by atoms with van der Waals surface area (Å²) in [5.41, 5.74) is 7.42. The highest BCUT2D eigenvalue weighted by Gasteiger charge is 2.35. The van der Waals surface area contributed by atoms with E-state index in [4.69, 9.17) is 5.73 Å². The van der Waals surface area contributed by atoms with Gasteiger partial charge in [-0.15, -0.1) is 12.4 Å². The Morgan fingerprint density at radius 3 is 2.55 bits per heavy atom. The molecule has 3 nitrogen and oxygen atoms in total. The fraction of sp³-hybridized carbons (Fsp3) is 0.611. The number of amides is 1. The number of carbonyl (C=O) groups is 1. The lowest BCUT2D eigenvalue weighted by Crippen LogP contribution is -2.46. The maximum Gasteiger partial charge on any atom is 0.239 e. The van der Waals surface area contributed by atoms with Gasteiger partial charge in [0.15, 0.2) is 0 Å². The highest BCUT2D eigenvalue weighted by molar-refractivity contribution is 5.85. The quantitative estimate of drug-likeness (QED) is 0.903. The monoisotopic (exact) mass is 324 g/mol. The van der Waals surface area contributed by atoms with Crippen molar-refractivity contribution >= 4 is 18.3 Å². The van der Waals surface area contributed by atoms with Gasteiger partial charge in [0.25, 0.3) is 0 Å². The Labute approximate surface area is 140 Å². The van der Waals surface area contributed by atoms with Crippen LogP contribution in [0.2, 0.25) is 0 Å². The van der Waals surface area contributed by atoms with Gasteiger partial charge >= 0.3 is 0 Å². The van der Waals surface area contributed by atoms with Gasteiger partial charge in [0.1, 0.15) is 0 Å². The fourth-order valence-corrected chi connectivity index (χ4v) is 3.33. The molecule has 0 aromatic heterocycles. The zero-order valence-electron chi connectivity index (χ0n) is 13.9. The largest absolute Gasteiger partial charge is 0.338 e. The molecular weight excluding hydrogens is 296 g/mol. The van der Waals surface area contributed by atoms with E-state index in [-0.39, 0.29) is 30.4 Å². The second kappa shape index (κ2) is 8.54. The zero-order valence-corrected chi connectivity index (χ0v) is 14.7. The summed E-state index contributed by atoms with van der Waals surface area (Å²) in [6, 6.07) is 10.5. The molecule has 124 valence electrons. The molecule has 2 N–H and O–H groups in total. The number of hydrogen-bond acceptors (Lipinski definition) is 2. The van der Waals surface area contributed by atoms with Gasteiger partial charge in [0.05, 0.1) is 6.04 Å². The molecule has 2 rings (SSSR count). The topological polar surface area (TPSA) is 46.3 Å². The van der Waals surface area contributed by atoms with Gasteiger partial charge < -0.3 is 10.6 Å². The molecule has 1 aliphatic rings. The molecule has 0 bridgehead atoms. The van der Waals surface area contributed by atoms with E-state index < -0.39 is 0 Å². The molecule has 1 saturated heterocycles. The average Bonchev–Trinajstić information content (AvgIpc) is 2.80. The minimum absolute atomic E-state index is 0. The first-order valence-corrected chi connectivity index (χ1v) is 8.09. The summed E-state index contributed by atoms with van der Waals surface area (Å²) in [5, 5.41) is 0. The zero-order chi connectivity index (χ0) is 15.4. The third kappa shape index (κ3) is 4.72. The first-order chi connectivity index (χ1) is 9.99. The molecule has 1 aromatic rings. The average molecular weight is 325 g/mol. The standard InChI is InChI=1S/C18H28N2O.ClH/c1-13(2)11-17(19)18(21)20-10-9-16(14(20)3)12-15-7-5-4-6-8-15;/h4-8,13-14,16-17H,9-12,19H2,1-3H3;1H/t14?,16?,17-;/m0./s1. The summed E-state index contributed by atoms with van der Waals surface area (Å²) in [4.78, 5) is 14.5. The molecule has 0 aliphatic carbocycles. The van der Waals surface area contributed by atoms with Crippen molar-refractivity contribution in [2.24, 2.45) is 17.6 Å². The van der Waals surface area contributed by atoms with E-state index in [0.29, 0.717) is 11.8 Å². The van der Waals surface area contributed by atoms with Gasteiger partial charge in [-0.25, -0.2) is 0 Å². The SMILES string of the molecule is CC(C)C[C@H](N)C(=O)N1CCC(Cc2ccccc2)C1C.Cl. The van der Waals surface area contributed by atoms with Crippen LogP contribution in [0.1, 0.15) is 39.2 Å². The van der Waals surface area contributed by atoms with Crippen LogP contribution >= 0.6 is 12.4 Å². The number of halogens is 1. The Kier molecular flexibility index (Phi) is 7.37. The normalized spacial score (nSPS) is 22.5. The summed E-state index contributed by atoms with van der Waals surface area (Å²) in [6.45, 7) is 7.24. The lowest BCUT2D eigenvalue weighted by atomic mass is 9.93. The van der Waals surface area contributed by atoms with E-state index in [1.807, 2.05) is 11.0 Å². The highest BCUT2D eigenvalue weighted by Crippen LogP contribution is 2.28. The van der Waals surface area contributed by atoms with Gasteiger partial charge in [0.2, 0.25) is 5.91 Å². The fourth-order valence-electron chi connectivity index (χ4n) is 3.33. The molecule has 1 fully saturated rings. The number of nitrogens with zero attached hydrogens (tertiary/aromatic N) is 1. The van der Waals surface area contributed by atoms with Gasteiger partial charge in [0, 0.05) is 12.6 Å². The Bertz CT molecular complexity index is 463. The van der Waals surface area contributed by atoms with Crippen molar-refractivity contribution in [1.82, 2.24) is 4.90 Å². The van der Waals surface area contributed by atoms with Crippen LogP contribution in [0.3, 0.4) is 0 Å². The molecule has 3 atom stereocenters. The molecule has 0 radical (unpaired) electrons. The predicted octanol–water partition coefficient (Wildman–Crippen LogP) is 3.26. The van der Waals surface area contributed by atoms with Crippen molar-refractivity contribution in [3.8, 4) is 0 Å². The van der Waals surface area contributed by atoms with Crippen LogP contribution < -0.4 is 5.73 Å². The van der Waals surface area contributed by atoms with E-state index in [1.165, 1.54) is 5.56 Å². The van der Waals surface area contributed by atoms with Gasteiger partial charge in [-0.1, -0.05) is 44.2 Å². The summed E-state index contributed by atoms with van der Waals surface area (Å²) in [5.74, 6) is 1.14. The number of likely N-dealkylation sites (tertiary alicyclic amines) is 1. The summed E-state index contributed by atoms with van der Waals surface area (Å²) in [6.07, 6.45) is 2.90. The Morgan fingerprint density at radius 2 is 1.95 bits per heavy atom. The Hall–Kier alpha value is -1.06. The van der Waals surface area contributed by atoms with E-state index in [0.717, 1.165) is 25.8 Å². The van der Waals surface area contributed by atoms with Crippen LogP contribution in [0.5, 0.6) is 0 Å². The van der Waals surface area contributed by atoms with E-state index in [2.05, 4.69) is 45.0 Å². The molecule has 1 aliphatic heterocycles. The number of nitrogens with two attached hydrogens (primary N) is 1. The molecule has 1 aromatic carbocycles. The number of benzene rings is 1. The molecule has 1 amide bonds. The number of hydrogen-bond donors (Lipinski definition) is 1. The molecule has 1 heterocycles. The summed E-state index contributed by atoms with van der Waals surface area (Å²) < 4.78 is 0. The van der Waals surface area contributed by atoms with Gasteiger partial charge in [-0.3, -0.25) is 4.79 Å². The molecular formula is C18H29ClN2O. The highest BCUT2D eigenvalue weighted by atomic mass is 35.5. The van der Waals surface area contributed by atoms with Crippen LogP contribution in [0.15, 0.2) is 30.3 Å². The van der Waals surface area contributed by atoms with Crippen molar-refractivity contribution in [3.05, 3.63) is 35.9 Å². The first-order valence-electron chi connectivity index (χ1n) is 8.09.